The van der Waals surface area contributed by atoms with Crippen LogP contribution in [0.3, 0.4) is 0 Å². The molecule has 55 heavy (non-hydrogen) atoms. The first-order valence-electron chi connectivity index (χ1n) is 18.6. The number of benzene rings is 8. The lowest BCUT2D eigenvalue weighted by Crippen LogP contribution is -2.10. The van der Waals surface area contributed by atoms with Crippen molar-refractivity contribution in [3.63, 3.8) is 0 Å². The third-order valence-electron chi connectivity index (χ3n) is 10.9. The molecule has 0 unspecified atom stereocenters. The van der Waals surface area contributed by atoms with Gasteiger partial charge in [0.05, 0.1) is 11.0 Å². The number of nitrogens with zero attached hydrogens (tertiary/aromatic N) is 3. The predicted molar refractivity (Wildman–Crippen MR) is 229 cm³/mol. The van der Waals surface area contributed by atoms with Crippen LogP contribution in [0.25, 0.3) is 82.5 Å². The molecule has 0 aliphatic carbocycles. The number of hydrogen-bond acceptors (Lipinski definition) is 3. The Hall–Kier alpha value is -7.43. The number of furan rings is 1. The second-order valence-electron chi connectivity index (χ2n) is 14.0. The monoisotopic (exact) mass is 703 g/mol. The number of fused-ring (bicyclic) bond motifs is 8. The van der Waals surface area contributed by atoms with E-state index in [-0.39, 0.29) is 0 Å². The average Bonchev–Trinajstić information content (AvgIpc) is 3.81. The van der Waals surface area contributed by atoms with Gasteiger partial charge in [-0.1, -0.05) is 115 Å². The molecule has 0 saturated heterocycles. The smallest absolute Gasteiger partial charge is 0.143 e. The zero-order valence-electron chi connectivity index (χ0n) is 29.8. The van der Waals surface area contributed by atoms with E-state index in [1.54, 1.807) is 0 Å². The van der Waals surface area contributed by atoms with E-state index in [2.05, 4.69) is 196 Å². The van der Waals surface area contributed by atoms with Crippen LogP contribution >= 0.6 is 0 Å². The molecule has 0 fully saturated rings. The maximum atomic E-state index is 6.69. The molecule has 3 heterocycles. The van der Waals surface area contributed by atoms with Crippen LogP contribution in [0.5, 0.6) is 0 Å². The third-order valence-corrected chi connectivity index (χ3v) is 10.9. The van der Waals surface area contributed by atoms with Gasteiger partial charge in [-0.25, -0.2) is 0 Å². The van der Waals surface area contributed by atoms with E-state index < -0.39 is 0 Å². The van der Waals surface area contributed by atoms with Crippen LogP contribution in [0.2, 0.25) is 0 Å². The molecule has 4 nitrogen and oxygen atoms in total. The number of pyridine rings is 1. The summed E-state index contributed by atoms with van der Waals surface area (Å²) in [5.41, 5.74) is 13.1. The Bertz CT molecular complexity index is 3180. The zero-order valence-corrected chi connectivity index (χ0v) is 29.8. The van der Waals surface area contributed by atoms with Crippen molar-refractivity contribution in [3.05, 3.63) is 200 Å². The van der Waals surface area contributed by atoms with Crippen LogP contribution in [0, 0.1) is 0 Å². The molecule has 0 spiro atoms. The molecule has 258 valence electrons. The van der Waals surface area contributed by atoms with Crippen molar-refractivity contribution in [2.75, 3.05) is 4.90 Å². The second kappa shape index (κ2) is 12.6. The van der Waals surface area contributed by atoms with Crippen LogP contribution in [-0.4, -0.2) is 9.55 Å². The fourth-order valence-corrected chi connectivity index (χ4v) is 8.28. The van der Waals surface area contributed by atoms with Gasteiger partial charge >= 0.3 is 0 Å². The van der Waals surface area contributed by atoms with Crippen molar-refractivity contribution in [3.8, 4) is 27.9 Å². The minimum Gasteiger partial charge on any atom is -0.455 e. The number of anilines is 3. The molecule has 0 atom stereocenters. The van der Waals surface area contributed by atoms with E-state index in [1.165, 1.54) is 32.9 Å². The maximum Gasteiger partial charge on any atom is 0.143 e. The minimum absolute atomic E-state index is 0.892. The van der Waals surface area contributed by atoms with Crippen LogP contribution in [0.4, 0.5) is 17.1 Å². The van der Waals surface area contributed by atoms with E-state index in [0.717, 1.165) is 66.6 Å². The van der Waals surface area contributed by atoms with Crippen LogP contribution in [-0.2, 0) is 0 Å². The fraction of sp³-hybridized carbons (Fsp3) is 0. The molecule has 4 heteroatoms. The molecule has 11 aromatic rings. The van der Waals surface area contributed by atoms with Crippen LogP contribution in [0.15, 0.2) is 205 Å². The van der Waals surface area contributed by atoms with Crippen molar-refractivity contribution in [2.24, 2.45) is 0 Å². The first-order chi connectivity index (χ1) is 27.3. The van der Waals surface area contributed by atoms with E-state index in [0.29, 0.717) is 0 Å². The molecule has 8 aromatic carbocycles. The van der Waals surface area contributed by atoms with Gasteiger partial charge in [-0.15, -0.1) is 0 Å². The lowest BCUT2D eigenvalue weighted by atomic mass is 10.0. The summed E-state index contributed by atoms with van der Waals surface area (Å²) < 4.78 is 9.05. The number of rotatable bonds is 6. The highest BCUT2D eigenvalue weighted by molar-refractivity contribution is 6.17. The topological polar surface area (TPSA) is 34.2 Å². The number of para-hydroxylation sites is 3. The van der Waals surface area contributed by atoms with Crippen LogP contribution in [0.1, 0.15) is 0 Å². The highest BCUT2D eigenvalue weighted by Gasteiger charge is 2.19. The molecular formula is C51H33N3O. The zero-order chi connectivity index (χ0) is 36.3. The summed E-state index contributed by atoms with van der Waals surface area (Å²) >= 11 is 0. The van der Waals surface area contributed by atoms with Crippen LogP contribution < -0.4 is 4.90 Å². The Labute approximate surface area is 317 Å². The standard InChI is InChI=1S/C51H33N3O/c1-3-10-34(11-4-1)35-18-23-39(24-19-35)53(41-27-29-49-47(32-41)44-14-7-8-17-48(44)54(49)38-12-5-2-6-13-38)40-25-20-36(21-26-40)42-15-9-16-45-46-28-22-37-33-52-31-30-43(37)51(46)55-50(42)45/h1-33H. The summed E-state index contributed by atoms with van der Waals surface area (Å²) in [6.07, 6.45) is 3.72. The Morgan fingerprint density at radius 3 is 1.85 bits per heavy atom. The largest absolute Gasteiger partial charge is 0.455 e. The van der Waals surface area contributed by atoms with Gasteiger partial charge in [0.25, 0.3) is 0 Å². The van der Waals surface area contributed by atoms with Gasteiger partial charge in [-0.2, -0.15) is 0 Å². The van der Waals surface area contributed by atoms with E-state index in [1.807, 2.05) is 18.5 Å². The lowest BCUT2D eigenvalue weighted by molar-refractivity contribution is 0.673. The molecule has 0 radical (unpaired) electrons. The van der Waals surface area contributed by atoms with Gasteiger partial charge in [0.15, 0.2) is 0 Å². The summed E-state index contributed by atoms with van der Waals surface area (Å²) in [5.74, 6) is 0. The number of aromatic nitrogens is 2. The Morgan fingerprint density at radius 2 is 1.05 bits per heavy atom. The SMILES string of the molecule is c1ccc(-c2ccc(N(c3ccc(-c4cccc5c4oc4c6ccncc6ccc54)cc3)c3ccc4c(c3)c3ccccc3n4-c3ccccc3)cc2)cc1. The summed E-state index contributed by atoms with van der Waals surface area (Å²) in [6, 6.07) is 67.2. The average molecular weight is 704 g/mol. The van der Waals surface area contributed by atoms with E-state index in [4.69, 9.17) is 4.42 Å². The normalized spacial score (nSPS) is 11.6. The molecule has 0 bridgehead atoms. The Morgan fingerprint density at radius 1 is 0.418 bits per heavy atom. The maximum absolute atomic E-state index is 6.69. The first kappa shape index (κ1) is 31.1. The third kappa shape index (κ3) is 5.11. The van der Waals surface area contributed by atoms with Crippen molar-refractivity contribution < 1.29 is 4.42 Å². The van der Waals surface area contributed by atoms with Gasteiger partial charge in [-0.3, -0.25) is 4.98 Å². The molecule has 0 amide bonds. The molecule has 0 aliphatic rings. The molecular weight excluding hydrogens is 671 g/mol. The summed E-state index contributed by atoms with van der Waals surface area (Å²) in [5, 5.41) is 6.79. The first-order valence-corrected chi connectivity index (χ1v) is 18.6. The van der Waals surface area contributed by atoms with Crippen molar-refractivity contribution >= 4 is 71.6 Å². The molecule has 0 saturated carbocycles. The van der Waals surface area contributed by atoms with Gasteiger partial charge in [0.2, 0.25) is 0 Å². The fourth-order valence-electron chi connectivity index (χ4n) is 8.28. The van der Waals surface area contributed by atoms with E-state index in [9.17, 15) is 0 Å². The molecule has 11 rings (SSSR count). The molecule has 0 N–H and O–H groups in total. The van der Waals surface area contributed by atoms with Gasteiger partial charge < -0.3 is 13.9 Å². The van der Waals surface area contributed by atoms with Gasteiger partial charge in [0, 0.05) is 73.0 Å². The van der Waals surface area contributed by atoms with Crippen molar-refractivity contribution in [1.29, 1.82) is 0 Å². The predicted octanol–water partition coefficient (Wildman–Crippen LogP) is 14.0. The summed E-state index contributed by atoms with van der Waals surface area (Å²) in [6.45, 7) is 0. The summed E-state index contributed by atoms with van der Waals surface area (Å²) in [4.78, 5) is 6.67. The summed E-state index contributed by atoms with van der Waals surface area (Å²) in [7, 11) is 0. The Balaban J connectivity index is 1.06. The quantitative estimate of drug-likeness (QED) is 0.173. The van der Waals surface area contributed by atoms with Crippen molar-refractivity contribution in [1.82, 2.24) is 9.55 Å². The highest BCUT2D eigenvalue weighted by Crippen LogP contribution is 2.42. The Kier molecular flexibility index (Phi) is 7.14. The molecule has 0 aliphatic heterocycles. The lowest BCUT2D eigenvalue weighted by Gasteiger charge is -2.26. The van der Waals surface area contributed by atoms with Crippen molar-refractivity contribution in [2.45, 2.75) is 0 Å². The number of hydrogen-bond donors (Lipinski definition) is 0. The van der Waals surface area contributed by atoms with Gasteiger partial charge in [-0.05, 0) is 89.5 Å². The molecule has 3 aromatic heterocycles. The second-order valence-corrected chi connectivity index (χ2v) is 14.0. The van der Waals surface area contributed by atoms with Gasteiger partial charge in [0.1, 0.15) is 11.2 Å². The minimum atomic E-state index is 0.892. The van der Waals surface area contributed by atoms with E-state index >= 15 is 0 Å². The highest BCUT2D eigenvalue weighted by atomic mass is 16.3.